The molecule has 2 aromatic rings. The van der Waals surface area contributed by atoms with Crippen LogP contribution in [-0.4, -0.2) is 27.3 Å². The number of hydrogen-bond donors (Lipinski definition) is 0. The van der Waals surface area contributed by atoms with E-state index in [1.165, 1.54) is 13.0 Å². The number of hydrogen-bond acceptors (Lipinski definition) is 5. The molecule has 132 valence electrons. The van der Waals surface area contributed by atoms with Crippen LogP contribution in [0, 0.1) is 12.8 Å². The first kappa shape index (κ1) is 17.8. The fourth-order valence-electron chi connectivity index (χ4n) is 2.61. The standard InChI is InChI=1S/C19H15ClN2O4/c1-11-10-16(24)17(19(25)26-11)15(23)9-8-14-12(2)21-22(18(14)20)13-6-4-3-5-7-13/h3-10,17H,1-2H3/b9-8+. The molecule has 0 N–H and O–H groups in total. The van der Waals surface area contributed by atoms with Crippen LogP contribution in [0.3, 0.4) is 0 Å². The number of ketones is 2. The van der Waals surface area contributed by atoms with E-state index < -0.39 is 23.5 Å². The highest BCUT2D eigenvalue weighted by Crippen LogP contribution is 2.25. The molecule has 1 unspecified atom stereocenters. The second kappa shape index (κ2) is 7.09. The third-order valence-corrected chi connectivity index (χ3v) is 4.24. The van der Waals surface area contributed by atoms with Gasteiger partial charge in [0.15, 0.2) is 17.5 Å². The molecule has 0 amide bonds. The van der Waals surface area contributed by atoms with Gasteiger partial charge in [-0.25, -0.2) is 4.68 Å². The number of cyclic esters (lactones) is 1. The van der Waals surface area contributed by atoms with Gasteiger partial charge in [-0.05, 0) is 38.1 Å². The summed E-state index contributed by atoms with van der Waals surface area (Å²) in [6.07, 6.45) is 3.76. The van der Waals surface area contributed by atoms with Gasteiger partial charge < -0.3 is 4.74 Å². The monoisotopic (exact) mass is 370 g/mol. The van der Waals surface area contributed by atoms with E-state index in [1.807, 2.05) is 30.3 Å². The first-order valence-electron chi connectivity index (χ1n) is 7.85. The number of carbonyl (C=O) groups is 3. The van der Waals surface area contributed by atoms with Crippen LogP contribution in [0.4, 0.5) is 0 Å². The lowest BCUT2D eigenvalue weighted by molar-refractivity contribution is -0.151. The highest BCUT2D eigenvalue weighted by Gasteiger charge is 2.36. The lowest BCUT2D eigenvalue weighted by atomic mass is 9.96. The molecule has 2 heterocycles. The maximum absolute atomic E-state index is 12.3. The Morgan fingerprint density at radius 3 is 2.58 bits per heavy atom. The van der Waals surface area contributed by atoms with E-state index in [2.05, 4.69) is 5.10 Å². The fraction of sp³-hybridized carbons (Fsp3) is 0.158. The Bertz CT molecular complexity index is 957. The van der Waals surface area contributed by atoms with Crippen LogP contribution in [-0.2, 0) is 19.1 Å². The molecule has 0 saturated carbocycles. The number of allylic oxidation sites excluding steroid dienone is 3. The molecule has 3 rings (SSSR count). The molecule has 26 heavy (non-hydrogen) atoms. The van der Waals surface area contributed by atoms with Gasteiger partial charge in [0.25, 0.3) is 0 Å². The summed E-state index contributed by atoms with van der Waals surface area (Å²) in [6, 6.07) is 9.30. The van der Waals surface area contributed by atoms with E-state index in [0.29, 0.717) is 16.4 Å². The molecule has 0 saturated heterocycles. The molecule has 0 aliphatic carbocycles. The van der Waals surface area contributed by atoms with Crippen molar-refractivity contribution in [1.82, 2.24) is 9.78 Å². The van der Waals surface area contributed by atoms with Gasteiger partial charge in [-0.15, -0.1) is 0 Å². The number of nitrogens with zero attached hydrogens (tertiary/aromatic N) is 2. The number of benzene rings is 1. The zero-order chi connectivity index (χ0) is 18.8. The third kappa shape index (κ3) is 3.36. The topological polar surface area (TPSA) is 78.3 Å². The Hall–Kier alpha value is -2.99. The van der Waals surface area contributed by atoms with Gasteiger partial charge in [0.1, 0.15) is 10.9 Å². The Balaban J connectivity index is 1.88. The normalized spacial score (nSPS) is 17.3. The van der Waals surface area contributed by atoms with Crippen LogP contribution in [0.25, 0.3) is 11.8 Å². The quantitative estimate of drug-likeness (QED) is 0.469. The highest BCUT2D eigenvalue weighted by atomic mass is 35.5. The van der Waals surface area contributed by atoms with E-state index in [4.69, 9.17) is 16.3 Å². The molecule has 0 radical (unpaired) electrons. The van der Waals surface area contributed by atoms with Crippen molar-refractivity contribution in [2.24, 2.45) is 5.92 Å². The number of aromatic nitrogens is 2. The molecule has 0 spiro atoms. The second-order valence-corrected chi connectivity index (χ2v) is 6.14. The second-order valence-electron chi connectivity index (χ2n) is 5.78. The number of ether oxygens (including phenoxy) is 1. The number of para-hydroxylation sites is 1. The lowest BCUT2D eigenvalue weighted by Crippen LogP contribution is -2.34. The largest absolute Gasteiger partial charge is 0.430 e. The van der Waals surface area contributed by atoms with Crippen LogP contribution in [0.1, 0.15) is 18.2 Å². The SMILES string of the molecule is CC1=CC(=O)C(C(=O)/C=C/c2c(C)nn(-c3ccccc3)c2Cl)C(=O)O1. The van der Waals surface area contributed by atoms with Crippen LogP contribution in [0.2, 0.25) is 5.15 Å². The van der Waals surface area contributed by atoms with Gasteiger partial charge in [0.2, 0.25) is 0 Å². The Morgan fingerprint density at radius 1 is 1.23 bits per heavy atom. The van der Waals surface area contributed by atoms with Crippen LogP contribution < -0.4 is 0 Å². The van der Waals surface area contributed by atoms with Gasteiger partial charge in [-0.1, -0.05) is 29.8 Å². The average Bonchev–Trinajstić information content (AvgIpc) is 2.87. The minimum absolute atomic E-state index is 0.177. The molecule has 0 fully saturated rings. The molecule has 0 bridgehead atoms. The molecule has 1 aliphatic heterocycles. The van der Waals surface area contributed by atoms with Crippen molar-refractivity contribution in [2.45, 2.75) is 13.8 Å². The summed E-state index contributed by atoms with van der Waals surface area (Å²) in [5.74, 6) is -3.41. The molecule has 1 aliphatic rings. The molecule has 1 atom stereocenters. The summed E-state index contributed by atoms with van der Waals surface area (Å²) < 4.78 is 6.40. The van der Waals surface area contributed by atoms with Gasteiger partial charge in [-0.3, -0.25) is 14.4 Å². The van der Waals surface area contributed by atoms with E-state index in [-0.39, 0.29) is 5.76 Å². The van der Waals surface area contributed by atoms with Gasteiger partial charge in [0, 0.05) is 11.6 Å². The van der Waals surface area contributed by atoms with Crippen molar-refractivity contribution < 1.29 is 19.1 Å². The predicted octanol–water partition coefficient (Wildman–Crippen LogP) is 3.06. The Kier molecular flexibility index (Phi) is 4.86. The van der Waals surface area contributed by atoms with E-state index in [1.54, 1.807) is 11.6 Å². The first-order valence-corrected chi connectivity index (χ1v) is 8.22. The minimum Gasteiger partial charge on any atom is -0.430 e. The molecule has 1 aromatic carbocycles. The summed E-state index contributed by atoms with van der Waals surface area (Å²) in [7, 11) is 0. The highest BCUT2D eigenvalue weighted by molar-refractivity contribution is 6.31. The summed E-state index contributed by atoms with van der Waals surface area (Å²) >= 11 is 6.38. The molecule has 1 aromatic heterocycles. The van der Waals surface area contributed by atoms with Crippen molar-refractivity contribution in [3.8, 4) is 5.69 Å². The Labute approximate surface area is 154 Å². The van der Waals surface area contributed by atoms with Gasteiger partial charge in [0.05, 0.1) is 11.4 Å². The number of carbonyl (C=O) groups excluding carboxylic acids is 3. The number of halogens is 1. The van der Waals surface area contributed by atoms with Crippen LogP contribution in [0.5, 0.6) is 0 Å². The fourth-order valence-corrected chi connectivity index (χ4v) is 2.94. The summed E-state index contributed by atoms with van der Waals surface area (Å²) in [6.45, 7) is 3.23. The summed E-state index contributed by atoms with van der Waals surface area (Å²) in [4.78, 5) is 36.0. The maximum Gasteiger partial charge on any atom is 0.329 e. The molecular formula is C19H15ClN2O4. The number of rotatable bonds is 4. The van der Waals surface area contributed by atoms with Crippen LogP contribution in [0.15, 0.2) is 48.2 Å². The average molecular weight is 371 g/mol. The van der Waals surface area contributed by atoms with Gasteiger partial charge in [-0.2, -0.15) is 5.10 Å². The molecule has 6 nitrogen and oxygen atoms in total. The molecular weight excluding hydrogens is 356 g/mol. The summed E-state index contributed by atoms with van der Waals surface area (Å²) in [5.41, 5.74) is 1.92. The van der Waals surface area contributed by atoms with E-state index in [9.17, 15) is 14.4 Å². The van der Waals surface area contributed by atoms with Crippen molar-refractivity contribution in [1.29, 1.82) is 0 Å². The van der Waals surface area contributed by atoms with Crippen molar-refractivity contribution in [3.63, 3.8) is 0 Å². The maximum atomic E-state index is 12.3. The van der Waals surface area contributed by atoms with E-state index >= 15 is 0 Å². The minimum atomic E-state index is -1.47. The number of aryl methyl sites for hydroxylation is 1. The van der Waals surface area contributed by atoms with E-state index in [0.717, 1.165) is 17.8 Å². The predicted molar refractivity (Wildman–Crippen MR) is 95.7 cm³/mol. The summed E-state index contributed by atoms with van der Waals surface area (Å²) in [5, 5.41) is 4.69. The zero-order valence-corrected chi connectivity index (χ0v) is 14.9. The third-order valence-electron chi connectivity index (χ3n) is 3.87. The zero-order valence-electron chi connectivity index (χ0n) is 14.1. The Morgan fingerprint density at radius 2 is 1.92 bits per heavy atom. The lowest BCUT2D eigenvalue weighted by Gasteiger charge is -2.15. The van der Waals surface area contributed by atoms with Crippen LogP contribution >= 0.6 is 11.6 Å². The van der Waals surface area contributed by atoms with Crippen molar-refractivity contribution in [2.75, 3.05) is 0 Å². The first-order chi connectivity index (χ1) is 12.4. The molecule has 7 heteroatoms. The van der Waals surface area contributed by atoms with Crippen molar-refractivity contribution >= 4 is 35.2 Å². The smallest absolute Gasteiger partial charge is 0.329 e. The number of esters is 1. The van der Waals surface area contributed by atoms with Gasteiger partial charge >= 0.3 is 5.97 Å². The van der Waals surface area contributed by atoms with Crippen molar-refractivity contribution in [3.05, 3.63) is 64.7 Å².